The number of hydrogen-bond acceptors (Lipinski definition) is 7. The maximum absolute atomic E-state index is 11.4. The molecule has 3 aromatic rings. The first-order valence-electron chi connectivity index (χ1n) is 8.61. The standard InChI is InChI=1S/C19H20N2O5S/c1-2-24-9-10-25-11-12-26-17-8-7-14(13-16(17)21(22)23)19-20-15-5-3-4-6-18(15)27-19/h3-8,13H,2,9-12H2,1H3. The summed E-state index contributed by atoms with van der Waals surface area (Å²) in [5.74, 6) is 0.221. The third-order valence-electron chi connectivity index (χ3n) is 3.76. The van der Waals surface area contributed by atoms with Crippen LogP contribution in [0.1, 0.15) is 6.92 Å². The Morgan fingerprint density at radius 2 is 1.85 bits per heavy atom. The number of nitrogens with zero attached hydrogens (tertiary/aromatic N) is 2. The van der Waals surface area contributed by atoms with Crippen molar-refractivity contribution in [2.24, 2.45) is 0 Å². The summed E-state index contributed by atoms with van der Waals surface area (Å²) in [5.41, 5.74) is 1.49. The summed E-state index contributed by atoms with van der Waals surface area (Å²) < 4.78 is 17.1. The second-order valence-electron chi connectivity index (χ2n) is 5.58. The number of nitro benzene ring substituents is 1. The molecule has 7 nitrogen and oxygen atoms in total. The lowest BCUT2D eigenvalue weighted by atomic mass is 10.2. The minimum absolute atomic E-state index is 0.0823. The number of aromatic nitrogens is 1. The van der Waals surface area contributed by atoms with Crippen LogP contribution in [0.5, 0.6) is 5.75 Å². The van der Waals surface area contributed by atoms with Crippen molar-refractivity contribution in [1.29, 1.82) is 0 Å². The van der Waals surface area contributed by atoms with Gasteiger partial charge in [0.2, 0.25) is 0 Å². The molecule has 3 rings (SSSR count). The van der Waals surface area contributed by atoms with Crippen molar-refractivity contribution in [2.45, 2.75) is 6.92 Å². The molecule has 0 saturated carbocycles. The van der Waals surface area contributed by atoms with Crippen molar-refractivity contribution < 1.29 is 19.1 Å². The monoisotopic (exact) mass is 388 g/mol. The zero-order valence-electron chi connectivity index (χ0n) is 14.9. The molecule has 1 aromatic heterocycles. The predicted octanol–water partition coefficient (Wildman–Crippen LogP) is 4.30. The van der Waals surface area contributed by atoms with Crippen LogP contribution in [0.2, 0.25) is 0 Å². The van der Waals surface area contributed by atoms with Crippen LogP contribution < -0.4 is 4.74 Å². The minimum Gasteiger partial charge on any atom is -0.484 e. The zero-order chi connectivity index (χ0) is 19.1. The number of thiazole rings is 1. The van der Waals surface area contributed by atoms with Gasteiger partial charge in [-0.15, -0.1) is 11.3 Å². The smallest absolute Gasteiger partial charge is 0.311 e. The minimum atomic E-state index is -0.442. The molecule has 8 heteroatoms. The molecule has 2 aromatic carbocycles. The normalized spacial score (nSPS) is 11.0. The van der Waals surface area contributed by atoms with Crippen molar-refractivity contribution in [2.75, 3.05) is 33.0 Å². The van der Waals surface area contributed by atoms with E-state index in [1.54, 1.807) is 12.1 Å². The summed E-state index contributed by atoms with van der Waals surface area (Å²) in [4.78, 5) is 15.6. The predicted molar refractivity (Wildman–Crippen MR) is 105 cm³/mol. The van der Waals surface area contributed by atoms with Gasteiger partial charge in [0.15, 0.2) is 5.75 Å². The molecular weight excluding hydrogens is 368 g/mol. The Labute approximate surface area is 160 Å². The molecule has 142 valence electrons. The van der Waals surface area contributed by atoms with Gasteiger partial charge in [-0.1, -0.05) is 12.1 Å². The lowest BCUT2D eigenvalue weighted by molar-refractivity contribution is -0.385. The van der Waals surface area contributed by atoms with E-state index >= 15 is 0 Å². The number of para-hydroxylation sites is 1. The van der Waals surface area contributed by atoms with Gasteiger partial charge in [-0.25, -0.2) is 4.98 Å². The van der Waals surface area contributed by atoms with E-state index in [1.807, 2.05) is 31.2 Å². The van der Waals surface area contributed by atoms with Gasteiger partial charge in [0.1, 0.15) is 11.6 Å². The summed E-state index contributed by atoms with van der Waals surface area (Å²) in [7, 11) is 0. The molecule has 0 aliphatic carbocycles. The van der Waals surface area contributed by atoms with Crippen LogP contribution in [-0.4, -0.2) is 42.9 Å². The fourth-order valence-electron chi connectivity index (χ4n) is 2.49. The first-order valence-corrected chi connectivity index (χ1v) is 9.43. The van der Waals surface area contributed by atoms with E-state index in [0.717, 1.165) is 15.2 Å². The lowest BCUT2D eigenvalue weighted by Crippen LogP contribution is -2.11. The Morgan fingerprint density at radius 1 is 1.07 bits per heavy atom. The molecule has 0 spiro atoms. The van der Waals surface area contributed by atoms with E-state index in [1.165, 1.54) is 17.4 Å². The van der Waals surface area contributed by atoms with Gasteiger partial charge in [0.25, 0.3) is 0 Å². The first kappa shape index (κ1) is 19.2. The third kappa shape index (κ3) is 5.00. The highest BCUT2D eigenvalue weighted by molar-refractivity contribution is 7.21. The van der Waals surface area contributed by atoms with Crippen molar-refractivity contribution >= 4 is 27.2 Å². The zero-order valence-corrected chi connectivity index (χ0v) is 15.7. The molecule has 0 radical (unpaired) electrons. The van der Waals surface area contributed by atoms with Gasteiger partial charge in [0.05, 0.1) is 35.0 Å². The average Bonchev–Trinajstić information content (AvgIpc) is 3.11. The second kappa shape index (κ2) is 9.40. The molecule has 0 N–H and O–H groups in total. The third-order valence-corrected chi connectivity index (χ3v) is 4.84. The first-order chi connectivity index (χ1) is 13.2. The maximum atomic E-state index is 11.4. The molecule has 0 bridgehead atoms. The van der Waals surface area contributed by atoms with Gasteiger partial charge < -0.3 is 14.2 Å². The van der Waals surface area contributed by atoms with Crippen LogP contribution in [0.25, 0.3) is 20.8 Å². The number of fused-ring (bicyclic) bond motifs is 1. The largest absolute Gasteiger partial charge is 0.484 e. The molecule has 0 fully saturated rings. The number of rotatable bonds is 10. The Bertz CT molecular complexity index is 879. The highest BCUT2D eigenvalue weighted by atomic mass is 32.1. The van der Waals surface area contributed by atoms with Crippen LogP contribution >= 0.6 is 11.3 Å². The summed E-state index contributed by atoms with van der Waals surface area (Å²) in [6.07, 6.45) is 0. The Balaban J connectivity index is 1.68. The highest BCUT2D eigenvalue weighted by Crippen LogP contribution is 2.35. The fraction of sp³-hybridized carbons (Fsp3) is 0.316. The molecule has 0 atom stereocenters. The Kier molecular flexibility index (Phi) is 6.69. The van der Waals surface area contributed by atoms with Gasteiger partial charge in [-0.3, -0.25) is 10.1 Å². The van der Waals surface area contributed by atoms with E-state index in [0.29, 0.717) is 32.0 Å². The van der Waals surface area contributed by atoms with E-state index in [2.05, 4.69) is 4.98 Å². The lowest BCUT2D eigenvalue weighted by Gasteiger charge is -2.08. The van der Waals surface area contributed by atoms with Crippen LogP contribution in [0.4, 0.5) is 5.69 Å². The van der Waals surface area contributed by atoms with Crippen LogP contribution in [0.15, 0.2) is 42.5 Å². The van der Waals surface area contributed by atoms with Gasteiger partial charge >= 0.3 is 5.69 Å². The number of benzene rings is 2. The average molecular weight is 388 g/mol. The van der Waals surface area contributed by atoms with Crippen LogP contribution in [-0.2, 0) is 9.47 Å². The van der Waals surface area contributed by atoms with Gasteiger partial charge in [-0.05, 0) is 31.2 Å². The Morgan fingerprint density at radius 3 is 2.63 bits per heavy atom. The van der Waals surface area contributed by atoms with Crippen molar-refractivity contribution in [3.63, 3.8) is 0 Å². The molecule has 0 aliphatic rings. The quantitative estimate of drug-likeness (QED) is 0.292. The number of ether oxygens (including phenoxy) is 3. The molecule has 0 amide bonds. The number of nitro groups is 1. The molecular formula is C19H20N2O5S. The second-order valence-corrected chi connectivity index (χ2v) is 6.61. The van der Waals surface area contributed by atoms with Gasteiger partial charge in [-0.2, -0.15) is 0 Å². The Hall–Kier alpha value is -2.55. The summed E-state index contributed by atoms with van der Waals surface area (Å²) in [5, 5.41) is 12.2. The molecule has 0 unspecified atom stereocenters. The van der Waals surface area contributed by atoms with Crippen LogP contribution in [0, 0.1) is 10.1 Å². The fourth-order valence-corrected chi connectivity index (χ4v) is 3.45. The highest BCUT2D eigenvalue weighted by Gasteiger charge is 2.18. The number of hydrogen-bond donors (Lipinski definition) is 0. The van der Waals surface area contributed by atoms with E-state index < -0.39 is 4.92 Å². The topological polar surface area (TPSA) is 83.7 Å². The van der Waals surface area contributed by atoms with Crippen molar-refractivity contribution in [1.82, 2.24) is 4.98 Å². The van der Waals surface area contributed by atoms with Gasteiger partial charge in [0, 0.05) is 18.2 Å². The van der Waals surface area contributed by atoms with E-state index in [9.17, 15) is 10.1 Å². The molecule has 0 saturated heterocycles. The summed E-state index contributed by atoms with van der Waals surface area (Å²) in [6, 6.07) is 12.7. The summed E-state index contributed by atoms with van der Waals surface area (Å²) in [6.45, 7) is 4.12. The SMILES string of the molecule is CCOCCOCCOc1ccc(-c2nc3ccccc3s2)cc1[N+](=O)[O-]. The van der Waals surface area contributed by atoms with Crippen LogP contribution in [0.3, 0.4) is 0 Å². The van der Waals surface area contributed by atoms with Crippen molar-refractivity contribution in [3.05, 3.63) is 52.6 Å². The molecule has 0 aliphatic heterocycles. The summed E-state index contributed by atoms with van der Waals surface area (Å²) >= 11 is 1.50. The van der Waals surface area contributed by atoms with Crippen molar-refractivity contribution in [3.8, 4) is 16.3 Å². The van der Waals surface area contributed by atoms with E-state index in [-0.39, 0.29) is 18.0 Å². The van der Waals surface area contributed by atoms with E-state index in [4.69, 9.17) is 14.2 Å². The maximum Gasteiger partial charge on any atom is 0.311 e. The molecule has 1 heterocycles. The molecule has 27 heavy (non-hydrogen) atoms.